The second-order valence-corrected chi connectivity index (χ2v) is 9.41. The number of carbonyl (C=O) groups excluding carboxylic acids is 4. The van der Waals surface area contributed by atoms with Gasteiger partial charge in [0.25, 0.3) is 5.91 Å². The summed E-state index contributed by atoms with van der Waals surface area (Å²) in [6.45, 7) is 1.29. The van der Waals surface area contributed by atoms with Crippen LogP contribution in [-0.4, -0.2) is 30.3 Å². The van der Waals surface area contributed by atoms with Gasteiger partial charge in [-0.2, -0.15) is 13.2 Å². The fourth-order valence-electron chi connectivity index (χ4n) is 4.59. The Morgan fingerprint density at radius 3 is 2.39 bits per heavy atom. The van der Waals surface area contributed by atoms with E-state index in [2.05, 4.69) is 12.2 Å². The van der Waals surface area contributed by atoms with E-state index in [4.69, 9.17) is 16.3 Å². The number of ether oxygens (including phenoxy) is 1. The van der Waals surface area contributed by atoms with Crippen molar-refractivity contribution in [2.24, 2.45) is 17.8 Å². The van der Waals surface area contributed by atoms with Crippen molar-refractivity contribution < 1.29 is 37.1 Å². The molecule has 0 unspecified atom stereocenters. The molecule has 0 spiro atoms. The third-order valence-electron chi connectivity index (χ3n) is 6.45. The molecule has 1 aliphatic heterocycles. The Hall–Kier alpha value is -3.40. The number of nitrogens with zero attached hydrogens (tertiary/aromatic N) is 1. The normalized spacial score (nSPS) is 21.8. The highest BCUT2D eigenvalue weighted by atomic mass is 35.5. The van der Waals surface area contributed by atoms with Crippen LogP contribution in [0.25, 0.3) is 0 Å². The third-order valence-corrected chi connectivity index (χ3v) is 6.78. The minimum absolute atomic E-state index is 0.0637. The van der Waals surface area contributed by atoms with Crippen LogP contribution in [0.3, 0.4) is 0 Å². The summed E-state index contributed by atoms with van der Waals surface area (Å²) in [5, 5.41) is 2.07. The van der Waals surface area contributed by atoms with Crippen LogP contribution in [0.15, 0.2) is 42.5 Å². The molecular weight excluding hydrogens is 501 g/mol. The monoisotopic (exact) mass is 522 g/mol. The zero-order valence-electron chi connectivity index (χ0n) is 19.1. The number of halogens is 4. The zero-order valence-corrected chi connectivity index (χ0v) is 19.9. The molecule has 1 saturated heterocycles. The molecule has 7 nitrogen and oxygen atoms in total. The van der Waals surface area contributed by atoms with E-state index in [1.165, 1.54) is 24.3 Å². The van der Waals surface area contributed by atoms with Crippen LogP contribution in [0.2, 0.25) is 5.02 Å². The Morgan fingerprint density at radius 1 is 1.06 bits per heavy atom. The fraction of sp³-hybridized carbons (Fsp3) is 0.360. The molecule has 36 heavy (non-hydrogen) atoms. The average Bonchev–Trinajstić information content (AvgIpc) is 3.07. The number of hydrogen-bond donors (Lipinski definition) is 1. The second kappa shape index (κ2) is 9.93. The van der Waals surface area contributed by atoms with Crippen LogP contribution >= 0.6 is 11.6 Å². The summed E-state index contributed by atoms with van der Waals surface area (Å²) in [6, 6.07) is 8.09. The highest BCUT2D eigenvalue weighted by molar-refractivity contribution is 6.33. The van der Waals surface area contributed by atoms with E-state index >= 15 is 0 Å². The highest BCUT2D eigenvalue weighted by Crippen LogP contribution is 2.42. The van der Waals surface area contributed by atoms with Gasteiger partial charge >= 0.3 is 12.1 Å². The molecule has 3 atom stereocenters. The number of amides is 3. The van der Waals surface area contributed by atoms with Gasteiger partial charge in [-0.15, -0.1) is 0 Å². The Labute approximate surface area is 209 Å². The van der Waals surface area contributed by atoms with Crippen LogP contribution in [-0.2, 0) is 25.3 Å². The number of alkyl halides is 3. The van der Waals surface area contributed by atoms with Gasteiger partial charge in [-0.3, -0.25) is 19.3 Å². The molecule has 0 radical (unpaired) electrons. The molecular formula is C25H22ClF3N2O5. The molecule has 0 bridgehead atoms. The van der Waals surface area contributed by atoms with Crippen LogP contribution in [0, 0.1) is 17.8 Å². The molecule has 2 aromatic carbocycles. The summed E-state index contributed by atoms with van der Waals surface area (Å²) in [5.41, 5.74) is -0.857. The van der Waals surface area contributed by atoms with E-state index in [0.29, 0.717) is 30.5 Å². The number of imide groups is 1. The predicted molar refractivity (Wildman–Crippen MR) is 124 cm³/mol. The third kappa shape index (κ3) is 5.23. The van der Waals surface area contributed by atoms with Gasteiger partial charge in [0.2, 0.25) is 11.8 Å². The molecule has 4 rings (SSSR count). The molecule has 2 aliphatic rings. The number of hydrogen-bond acceptors (Lipinski definition) is 5. The maximum Gasteiger partial charge on any atom is 0.416 e. The maximum atomic E-state index is 12.9. The Balaban J connectivity index is 1.36. The Kier molecular flexibility index (Phi) is 7.08. The number of rotatable bonds is 5. The first-order valence-electron chi connectivity index (χ1n) is 11.3. The predicted octanol–water partition coefficient (Wildman–Crippen LogP) is 5.08. The van der Waals surface area contributed by atoms with Crippen molar-refractivity contribution in [2.75, 3.05) is 16.8 Å². The quantitative estimate of drug-likeness (QED) is 0.437. The molecule has 1 aliphatic carbocycles. The fourth-order valence-corrected chi connectivity index (χ4v) is 4.75. The minimum Gasteiger partial charge on any atom is -0.452 e. The van der Waals surface area contributed by atoms with Crippen LogP contribution < -0.4 is 10.2 Å². The molecule has 0 aromatic heterocycles. The summed E-state index contributed by atoms with van der Waals surface area (Å²) in [4.78, 5) is 51.2. The van der Waals surface area contributed by atoms with Crippen molar-refractivity contribution in [1.82, 2.24) is 0 Å². The number of fused-ring (bicyclic) bond motifs is 1. The van der Waals surface area contributed by atoms with Gasteiger partial charge in [-0.05, 0) is 67.6 Å². The first-order chi connectivity index (χ1) is 17.0. The van der Waals surface area contributed by atoms with E-state index in [1.807, 2.05) is 0 Å². The smallest absolute Gasteiger partial charge is 0.416 e. The minimum atomic E-state index is -4.62. The van der Waals surface area contributed by atoms with E-state index in [0.717, 1.165) is 23.5 Å². The van der Waals surface area contributed by atoms with Crippen molar-refractivity contribution in [3.8, 4) is 0 Å². The topological polar surface area (TPSA) is 92.8 Å². The molecule has 1 saturated carbocycles. The summed E-state index contributed by atoms with van der Waals surface area (Å²) in [6.07, 6.45) is -2.38. The first-order valence-corrected chi connectivity index (χ1v) is 11.6. The van der Waals surface area contributed by atoms with Gasteiger partial charge < -0.3 is 10.1 Å². The molecule has 2 fully saturated rings. The van der Waals surface area contributed by atoms with Crippen LogP contribution in [0.4, 0.5) is 24.5 Å². The summed E-state index contributed by atoms with van der Waals surface area (Å²) in [5.74, 6) is -2.49. The molecule has 3 amide bonds. The second-order valence-electron chi connectivity index (χ2n) is 9.01. The molecule has 1 N–H and O–H groups in total. The summed E-state index contributed by atoms with van der Waals surface area (Å²) >= 11 is 5.84. The summed E-state index contributed by atoms with van der Waals surface area (Å²) in [7, 11) is 0. The van der Waals surface area contributed by atoms with Crippen LogP contribution in [0.1, 0.15) is 42.1 Å². The lowest BCUT2D eigenvalue weighted by Crippen LogP contribution is -2.30. The first kappa shape index (κ1) is 25.7. The van der Waals surface area contributed by atoms with E-state index in [-0.39, 0.29) is 39.9 Å². The van der Waals surface area contributed by atoms with Crippen molar-refractivity contribution >= 4 is 46.7 Å². The largest absolute Gasteiger partial charge is 0.452 e. The standard InChI is InChI=1S/C25H22ClF3N2O5/c1-13-2-8-17-18(10-13)23(34)31(22(17)33)16-6-3-14(4-7-16)24(35)36-12-21(32)30-20-11-15(25(27,28)29)5-9-19(20)26/h3-7,9,11,13,17-18H,2,8,10,12H2,1H3,(H,30,32)/t13-,17+,18+/m1/s1. The van der Waals surface area contributed by atoms with Gasteiger partial charge in [0, 0.05) is 0 Å². The van der Waals surface area contributed by atoms with Gasteiger partial charge in [0.05, 0.1) is 39.4 Å². The highest BCUT2D eigenvalue weighted by Gasteiger charge is 2.49. The van der Waals surface area contributed by atoms with Gasteiger partial charge in [-0.1, -0.05) is 18.5 Å². The maximum absolute atomic E-state index is 12.9. The summed E-state index contributed by atoms with van der Waals surface area (Å²) < 4.78 is 43.6. The number of anilines is 2. The average molecular weight is 523 g/mol. The number of nitrogens with one attached hydrogen (secondary N) is 1. The van der Waals surface area contributed by atoms with Gasteiger partial charge in [0.15, 0.2) is 6.61 Å². The molecule has 2 aromatic rings. The lowest BCUT2D eigenvalue weighted by atomic mass is 9.76. The zero-order chi connectivity index (χ0) is 26.2. The van der Waals surface area contributed by atoms with Crippen LogP contribution in [0.5, 0.6) is 0 Å². The lowest BCUT2D eigenvalue weighted by Gasteiger charge is -2.25. The van der Waals surface area contributed by atoms with Crippen molar-refractivity contribution in [1.29, 1.82) is 0 Å². The number of esters is 1. The Bertz CT molecular complexity index is 1220. The van der Waals surface area contributed by atoms with Gasteiger partial charge in [0.1, 0.15) is 0 Å². The Morgan fingerprint density at radius 2 is 1.72 bits per heavy atom. The molecule has 1 heterocycles. The number of benzene rings is 2. The van der Waals surface area contributed by atoms with E-state index in [1.54, 1.807) is 0 Å². The SMILES string of the molecule is C[C@@H]1CC[C@@H]2C(=O)N(c3ccc(C(=O)OCC(=O)Nc4cc(C(F)(F)F)ccc4Cl)cc3)C(=O)[C@H]2C1. The molecule has 190 valence electrons. The van der Waals surface area contributed by atoms with E-state index < -0.39 is 30.2 Å². The van der Waals surface area contributed by atoms with Crippen molar-refractivity contribution in [2.45, 2.75) is 32.4 Å². The lowest BCUT2D eigenvalue weighted by molar-refractivity contribution is -0.137. The van der Waals surface area contributed by atoms with Crippen molar-refractivity contribution in [3.05, 3.63) is 58.6 Å². The van der Waals surface area contributed by atoms with Gasteiger partial charge in [-0.25, -0.2) is 4.79 Å². The molecule has 11 heteroatoms. The van der Waals surface area contributed by atoms with Crippen molar-refractivity contribution in [3.63, 3.8) is 0 Å². The van der Waals surface area contributed by atoms with E-state index in [9.17, 15) is 32.3 Å². The number of carbonyl (C=O) groups is 4.